The van der Waals surface area contributed by atoms with Gasteiger partial charge in [-0.05, 0) is 36.2 Å². The van der Waals surface area contributed by atoms with Gasteiger partial charge in [0.15, 0.2) is 6.29 Å². The van der Waals surface area contributed by atoms with Crippen molar-refractivity contribution in [3.63, 3.8) is 0 Å². The lowest BCUT2D eigenvalue weighted by Crippen LogP contribution is -2.00. The summed E-state index contributed by atoms with van der Waals surface area (Å²) in [5, 5.41) is 0. The number of aryl methyl sites for hydroxylation is 1. The quantitative estimate of drug-likeness (QED) is 0.769. The van der Waals surface area contributed by atoms with E-state index in [4.69, 9.17) is 9.47 Å². The first-order chi connectivity index (χ1) is 9.24. The van der Waals surface area contributed by atoms with Crippen LogP contribution in [-0.2, 0) is 6.61 Å². The van der Waals surface area contributed by atoms with Gasteiger partial charge in [0.25, 0.3) is 0 Å². The molecule has 0 aliphatic heterocycles. The number of carbonyl (C=O) groups excluding carboxylic acids is 1. The molecule has 2 aromatic carbocycles. The van der Waals surface area contributed by atoms with Crippen LogP contribution >= 0.6 is 0 Å². The van der Waals surface area contributed by atoms with Crippen molar-refractivity contribution in [2.24, 2.45) is 0 Å². The van der Waals surface area contributed by atoms with Gasteiger partial charge in [-0.2, -0.15) is 0 Å². The Kier molecular flexibility index (Phi) is 4.18. The van der Waals surface area contributed by atoms with Crippen LogP contribution in [0.3, 0.4) is 0 Å². The third kappa shape index (κ3) is 3.13. The van der Waals surface area contributed by atoms with Gasteiger partial charge in [0.1, 0.15) is 18.1 Å². The van der Waals surface area contributed by atoms with E-state index in [2.05, 4.69) is 0 Å². The molecule has 2 rings (SSSR count). The molecule has 0 aliphatic rings. The zero-order valence-electron chi connectivity index (χ0n) is 11.1. The molecule has 0 aliphatic carbocycles. The van der Waals surface area contributed by atoms with Crippen molar-refractivity contribution in [2.75, 3.05) is 7.11 Å². The number of carbonyl (C=O) groups is 1. The largest absolute Gasteiger partial charge is 0.497 e. The summed E-state index contributed by atoms with van der Waals surface area (Å²) in [6.07, 6.45) is 0.774. The van der Waals surface area contributed by atoms with E-state index in [1.54, 1.807) is 25.3 Å². The molecule has 3 heteroatoms. The minimum absolute atomic E-state index is 0.444. The summed E-state index contributed by atoms with van der Waals surface area (Å²) in [7, 11) is 1.57. The predicted octanol–water partition coefficient (Wildman–Crippen LogP) is 3.40. The minimum Gasteiger partial charge on any atom is -0.497 e. The second-order valence-corrected chi connectivity index (χ2v) is 4.24. The van der Waals surface area contributed by atoms with Gasteiger partial charge in [0, 0.05) is 0 Å². The van der Waals surface area contributed by atoms with Crippen molar-refractivity contribution in [2.45, 2.75) is 13.5 Å². The van der Waals surface area contributed by atoms with Gasteiger partial charge in [-0.15, -0.1) is 0 Å². The van der Waals surface area contributed by atoms with E-state index >= 15 is 0 Å². The fraction of sp³-hybridized carbons (Fsp3) is 0.188. The molecule has 0 aromatic heterocycles. The van der Waals surface area contributed by atoms with Crippen LogP contribution in [0.5, 0.6) is 11.5 Å². The Bertz CT molecular complexity index is 576. The molecule has 0 saturated heterocycles. The smallest absolute Gasteiger partial charge is 0.153 e. The minimum atomic E-state index is 0.444. The normalized spacial score (nSPS) is 10.0. The van der Waals surface area contributed by atoms with Crippen molar-refractivity contribution >= 4 is 6.29 Å². The Morgan fingerprint density at radius 1 is 1.16 bits per heavy atom. The highest BCUT2D eigenvalue weighted by Gasteiger charge is 2.06. The van der Waals surface area contributed by atoms with Crippen LogP contribution < -0.4 is 9.47 Å². The Balaban J connectivity index is 2.15. The van der Waals surface area contributed by atoms with Gasteiger partial charge < -0.3 is 9.47 Å². The summed E-state index contributed by atoms with van der Waals surface area (Å²) in [4.78, 5) is 11.0. The highest BCUT2D eigenvalue weighted by atomic mass is 16.5. The Morgan fingerprint density at radius 3 is 2.63 bits per heavy atom. The van der Waals surface area contributed by atoms with E-state index in [-0.39, 0.29) is 0 Å². The molecule has 0 radical (unpaired) electrons. The lowest BCUT2D eigenvalue weighted by Gasteiger charge is -2.11. The summed E-state index contributed by atoms with van der Waals surface area (Å²) < 4.78 is 10.8. The number of ether oxygens (including phenoxy) is 2. The number of hydrogen-bond donors (Lipinski definition) is 0. The molecule has 0 unspecified atom stereocenters. The number of benzene rings is 2. The topological polar surface area (TPSA) is 35.5 Å². The van der Waals surface area contributed by atoms with Gasteiger partial charge in [-0.1, -0.05) is 24.3 Å². The second-order valence-electron chi connectivity index (χ2n) is 4.24. The van der Waals surface area contributed by atoms with Crippen LogP contribution in [0.4, 0.5) is 0 Å². The number of aldehydes is 1. The van der Waals surface area contributed by atoms with E-state index in [1.165, 1.54) is 5.56 Å². The van der Waals surface area contributed by atoms with Gasteiger partial charge in [0.2, 0.25) is 0 Å². The first kappa shape index (κ1) is 13.1. The van der Waals surface area contributed by atoms with Crippen molar-refractivity contribution in [1.29, 1.82) is 0 Å². The molecule has 0 saturated carbocycles. The number of hydrogen-bond acceptors (Lipinski definition) is 3. The molecule has 19 heavy (non-hydrogen) atoms. The SMILES string of the molecule is COc1ccc(OCc2ccccc2C)c(C=O)c1. The molecule has 0 spiro atoms. The van der Waals surface area contributed by atoms with Crippen LogP contribution in [0.1, 0.15) is 21.5 Å². The van der Waals surface area contributed by atoms with Crippen LogP contribution in [0.15, 0.2) is 42.5 Å². The average molecular weight is 256 g/mol. The third-order valence-corrected chi connectivity index (χ3v) is 2.99. The lowest BCUT2D eigenvalue weighted by atomic mass is 10.1. The second kappa shape index (κ2) is 6.05. The van der Waals surface area contributed by atoms with Gasteiger partial charge >= 0.3 is 0 Å². The standard InChI is InChI=1S/C16H16O3/c1-12-5-3-4-6-13(12)11-19-16-8-7-15(18-2)9-14(16)10-17/h3-10H,11H2,1-2H3. The summed E-state index contributed by atoms with van der Waals surface area (Å²) in [6, 6.07) is 13.2. The maximum atomic E-state index is 11.0. The van der Waals surface area contributed by atoms with E-state index in [1.807, 2.05) is 31.2 Å². The van der Waals surface area contributed by atoms with Crippen LogP contribution in [0, 0.1) is 6.92 Å². The Hall–Kier alpha value is -2.29. The molecule has 3 nitrogen and oxygen atoms in total. The van der Waals surface area contributed by atoms with Gasteiger partial charge in [0.05, 0.1) is 12.7 Å². The molecule has 0 N–H and O–H groups in total. The van der Waals surface area contributed by atoms with E-state index in [9.17, 15) is 4.79 Å². The molecule has 0 heterocycles. The first-order valence-corrected chi connectivity index (χ1v) is 6.05. The summed E-state index contributed by atoms with van der Waals surface area (Å²) >= 11 is 0. The average Bonchev–Trinajstić information content (AvgIpc) is 2.46. The first-order valence-electron chi connectivity index (χ1n) is 6.05. The van der Waals surface area contributed by atoms with Crippen molar-refractivity contribution in [3.05, 3.63) is 59.2 Å². The lowest BCUT2D eigenvalue weighted by molar-refractivity contribution is 0.111. The highest BCUT2D eigenvalue weighted by molar-refractivity contribution is 5.80. The molecule has 2 aromatic rings. The molecule has 0 atom stereocenters. The van der Waals surface area contributed by atoms with Crippen LogP contribution in [-0.4, -0.2) is 13.4 Å². The molecule has 0 amide bonds. The molecular formula is C16H16O3. The van der Waals surface area contributed by atoms with Crippen LogP contribution in [0.25, 0.3) is 0 Å². The molecule has 98 valence electrons. The monoisotopic (exact) mass is 256 g/mol. The fourth-order valence-corrected chi connectivity index (χ4v) is 1.80. The summed E-state index contributed by atoms with van der Waals surface area (Å²) in [5.41, 5.74) is 2.77. The van der Waals surface area contributed by atoms with Crippen LogP contribution in [0.2, 0.25) is 0 Å². The molecule has 0 fully saturated rings. The van der Waals surface area contributed by atoms with E-state index < -0.39 is 0 Å². The van der Waals surface area contributed by atoms with Crippen molar-refractivity contribution < 1.29 is 14.3 Å². The summed E-state index contributed by atoms with van der Waals surface area (Å²) in [5.74, 6) is 1.21. The highest BCUT2D eigenvalue weighted by Crippen LogP contribution is 2.23. The number of methoxy groups -OCH3 is 1. The zero-order valence-corrected chi connectivity index (χ0v) is 11.1. The summed E-state index contributed by atoms with van der Waals surface area (Å²) in [6.45, 7) is 2.48. The maximum Gasteiger partial charge on any atom is 0.153 e. The molecule has 0 bridgehead atoms. The Labute approximate surface area is 112 Å². The van der Waals surface area contributed by atoms with Crippen molar-refractivity contribution in [3.8, 4) is 11.5 Å². The predicted molar refractivity (Wildman–Crippen MR) is 73.9 cm³/mol. The Morgan fingerprint density at radius 2 is 1.95 bits per heavy atom. The fourth-order valence-electron chi connectivity index (χ4n) is 1.80. The van der Waals surface area contributed by atoms with E-state index in [0.29, 0.717) is 23.7 Å². The third-order valence-electron chi connectivity index (χ3n) is 2.99. The van der Waals surface area contributed by atoms with Gasteiger partial charge in [-0.3, -0.25) is 4.79 Å². The zero-order chi connectivity index (χ0) is 13.7. The van der Waals surface area contributed by atoms with Gasteiger partial charge in [-0.25, -0.2) is 0 Å². The maximum absolute atomic E-state index is 11.0. The number of rotatable bonds is 5. The molecular weight excluding hydrogens is 240 g/mol. The van der Waals surface area contributed by atoms with Crippen molar-refractivity contribution in [1.82, 2.24) is 0 Å². The van der Waals surface area contributed by atoms with E-state index in [0.717, 1.165) is 11.8 Å².